The molecule has 0 radical (unpaired) electrons. The van der Waals surface area contributed by atoms with Gasteiger partial charge >= 0.3 is 0 Å². The predicted octanol–water partition coefficient (Wildman–Crippen LogP) is 1.41. The van der Waals surface area contributed by atoms with Crippen molar-refractivity contribution in [3.8, 4) is 5.75 Å². The number of Topliss-reactive ketones (excluding diaryl/α,β-unsaturated/α-hetero) is 1. The Morgan fingerprint density at radius 2 is 2.06 bits per heavy atom. The number of carbonyl (C=O) groups is 2. The van der Waals surface area contributed by atoms with Gasteiger partial charge < -0.3 is 15.8 Å². The molecule has 0 aliphatic rings. The van der Waals surface area contributed by atoms with Gasteiger partial charge in [-0.1, -0.05) is 0 Å². The molecule has 1 amide bonds. The molecule has 0 heterocycles. The van der Waals surface area contributed by atoms with E-state index in [1.807, 2.05) is 0 Å². The van der Waals surface area contributed by atoms with E-state index in [1.54, 1.807) is 18.2 Å². The number of ketones is 1. The van der Waals surface area contributed by atoms with Crippen LogP contribution < -0.4 is 15.8 Å². The first-order chi connectivity index (χ1) is 8.04. The second-order valence-corrected chi connectivity index (χ2v) is 3.61. The summed E-state index contributed by atoms with van der Waals surface area (Å²) < 4.78 is 5.03. The summed E-state index contributed by atoms with van der Waals surface area (Å²) in [7, 11) is 1.52. The molecule has 0 spiro atoms. The van der Waals surface area contributed by atoms with Gasteiger partial charge in [0.05, 0.1) is 7.11 Å². The standard InChI is InChI=1S/C12H16N2O3.ClH/c1-8(15)14-6-5-12(16)10-7-9(17-2)3-4-11(10)13;/h3-4,7H,5-6,13H2,1-2H3,(H,14,15);1H. The molecule has 1 rings (SSSR count). The Kier molecular flexibility index (Phi) is 6.82. The summed E-state index contributed by atoms with van der Waals surface area (Å²) in [4.78, 5) is 22.5. The molecular formula is C12H17ClN2O3. The monoisotopic (exact) mass is 272 g/mol. The number of anilines is 1. The van der Waals surface area contributed by atoms with Gasteiger partial charge in [0.1, 0.15) is 5.75 Å². The normalized spacial score (nSPS) is 9.22. The van der Waals surface area contributed by atoms with Crippen LogP contribution in [0.2, 0.25) is 0 Å². The van der Waals surface area contributed by atoms with E-state index in [1.165, 1.54) is 14.0 Å². The van der Waals surface area contributed by atoms with Crippen molar-refractivity contribution in [2.24, 2.45) is 0 Å². The number of hydrogen-bond donors (Lipinski definition) is 2. The quantitative estimate of drug-likeness (QED) is 0.627. The highest BCUT2D eigenvalue weighted by molar-refractivity contribution is 6.01. The first kappa shape index (κ1) is 16.2. The van der Waals surface area contributed by atoms with E-state index in [0.29, 0.717) is 23.5 Å². The number of halogens is 1. The summed E-state index contributed by atoms with van der Waals surface area (Å²) in [6.45, 7) is 1.72. The molecule has 1 aromatic rings. The summed E-state index contributed by atoms with van der Waals surface area (Å²) >= 11 is 0. The van der Waals surface area contributed by atoms with Crippen LogP contribution in [0.15, 0.2) is 18.2 Å². The Morgan fingerprint density at radius 1 is 1.39 bits per heavy atom. The molecule has 100 valence electrons. The topological polar surface area (TPSA) is 81.4 Å². The zero-order valence-corrected chi connectivity index (χ0v) is 11.2. The van der Waals surface area contributed by atoms with Crippen LogP contribution >= 0.6 is 12.4 Å². The summed E-state index contributed by atoms with van der Waals surface area (Å²) in [5, 5.41) is 2.56. The van der Waals surface area contributed by atoms with Crippen molar-refractivity contribution < 1.29 is 14.3 Å². The third kappa shape index (κ3) is 4.63. The van der Waals surface area contributed by atoms with Crippen LogP contribution in [0, 0.1) is 0 Å². The molecule has 0 atom stereocenters. The molecule has 5 nitrogen and oxygen atoms in total. The fraction of sp³-hybridized carbons (Fsp3) is 0.333. The van der Waals surface area contributed by atoms with E-state index in [0.717, 1.165) is 0 Å². The fourth-order valence-electron chi connectivity index (χ4n) is 1.39. The van der Waals surface area contributed by atoms with E-state index in [9.17, 15) is 9.59 Å². The lowest BCUT2D eigenvalue weighted by Gasteiger charge is -2.07. The van der Waals surface area contributed by atoms with Gasteiger partial charge in [-0.3, -0.25) is 9.59 Å². The largest absolute Gasteiger partial charge is 0.497 e. The second kappa shape index (κ2) is 7.55. The Labute approximate surface area is 112 Å². The molecule has 0 unspecified atom stereocenters. The van der Waals surface area contributed by atoms with Crippen molar-refractivity contribution >= 4 is 29.8 Å². The highest BCUT2D eigenvalue weighted by Gasteiger charge is 2.10. The minimum Gasteiger partial charge on any atom is -0.497 e. The summed E-state index contributed by atoms with van der Waals surface area (Å²) in [6, 6.07) is 4.93. The molecule has 1 aromatic carbocycles. The van der Waals surface area contributed by atoms with Crippen LogP contribution in [0.5, 0.6) is 5.75 Å². The van der Waals surface area contributed by atoms with E-state index >= 15 is 0 Å². The van der Waals surface area contributed by atoms with Crippen molar-refractivity contribution in [1.82, 2.24) is 5.32 Å². The average molecular weight is 273 g/mol. The van der Waals surface area contributed by atoms with Gasteiger partial charge in [0, 0.05) is 31.1 Å². The third-order valence-electron chi connectivity index (χ3n) is 2.29. The maximum Gasteiger partial charge on any atom is 0.216 e. The molecule has 0 fully saturated rings. The van der Waals surface area contributed by atoms with Crippen LogP contribution in [0.4, 0.5) is 5.69 Å². The van der Waals surface area contributed by atoms with Crippen LogP contribution in [-0.4, -0.2) is 25.3 Å². The minimum atomic E-state index is -0.156. The van der Waals surface area contributed by atoms with E-state index < -0.39 is 0 Å². The minimum absolute atomic E-state index is 0. The van der Waals surface area contributed by atoms with Gasteiger partial charge in [0.25, 0.3) is 0 Å². The third-order valence-corrected chi connectivity index (χ3v) is 2.29. The molecule has 6 heteroatoms. The first-order valence-corrected chi connectivity index (χ1v) is 5.25. The highest BCUT2D eigenvalue weighted by Crippen LogP contribution is 2.20. The molecule has 0 aliphatic heterocycles. The van der Waals surface area contributed by atoms with E-state index in [-0.39, 0.29) is 30.5 Å². The molecule has 18 heavy (non-hydrogen) atoms. The van der Waals surface area contributed by atoms with Crippen molar-refractivity contribution in [2.75, 3.05) is 19.4 Å². The Bertz CT molecular complexity index is 435. The van der Waals surface area contributed by atoms with Crippen molar-refractivity contribution in [2.45, 2.75) is 13.3 Å². The van der Waals surface area contributed by atoms with Crippen molar-refractivity contribution in [3.05, 3.63) is 23.8 Å². The van der Waals surface area contributed by atoms with E-state index in [2.05, 4.69) is 5.32 Å². The lowest BCUT2D eigenvalue weighted by Crippen LogP contribution is -2.23. The molecular weight excluding hydrogens is 256 g/mol. The number of nitrogens with one attached hydrogen (secondary N) is 1. The number of benzene rings is 1. The van der Waals surface area contributed by atoms with Crippen LogP contribution in [0.3, 0.4) is 0 Å². The van der Waals surface area contributed by atoms with Crippen LogP contribution in [-0.2, 0) is 4.79 Å². The second-order valence-electron chi connectivity index (χ2n) is 3.61. The molecule has 0 aromatic heterocycles. The molecule has 0 bridgehead atoms. The van der Waals surface area contributed by atoms with Gasteiger partial charge in [0.15, 0.2) is 5.78 Å². The Hall–Kier alpha value is -1.75. The number of nitrogen functional groups attached to an aromatic ring is 1. The number of hydrogen-bond acceptors (Lipinski definition) is 4. The van der Waals surface area contributed by atoms with Gasteiger partial charge in [-0.25, -0.2) is 0 Å². The van der Waals surface area contributed by atoms with Crippen LogP contribution in [0.1, 0.15) is 23.7 Å². The maximum absolute atomic E-state index is 11.8. The fourth-order valence-corrected chi connectivity index (χ4v) is 1.39. The first-order valence-electron chi connectivity index (χ1n) is 5.25. The zero-order chi connectivity index (χ0) is 12.8. The van der Waals surface area contributed by atoms with Crippen LogP contribution in [0.25, 0.3) is 0 Å². The Morgan fingerprint density at radius 3 is 2.61 bits per heavy atom. The Balaban J connectivity index is 0.00000289. The molecule has 0 saturated heterocycles. The average Bonchev–Trinajstić information content (AvgIpc) is 2.29. The predicted molar refractivity (Wildman–Crippen MR) is 72.3 cm³/mol. The molecule has 3 N–H and O–H groups in total. The summed E-state index contributed by atoms with van der Waals surface area (Å²) in [5.41, 5.74) is 6.55. The number of rotatable bonds is 5. The van der Waals surface area contributed by atoms with Gasteiger partial charge in [-0.2, -0.15) is 0 Å². The van der Waals surface area contributed by atoms with Gasteiger partial charge in [0.2, 0.25) is 5.91 Å². The number of nitrogens with two attached hydrogens (primary N) is 1. The lowest BCUT2D eigenvalue weighted by molar-refractivity contribution is -0.118. The van der Waals surface area contributed by atoms with Crippen molar-refractivity contribution in [1.29, 1.82) is 0 Å². The number of ether oxygens (including phenoxy) is 1. The number of amides is 1. The lowest BCUT2D eigenvalue weighted by atomic mass is 10.1. The maximum atomic E-state index is 11.8. The number of carbonyl (C=O) groups excluding carboxylic acids is 2. The number of methoxy groups -OCH3 is 1. The van der Waals surface area contributed by atoms with Gasteiger partial charge in [-0.05, 0) is 18.2 Å². The zero-order valence-electron chi connectivity index (χ0n) is 10.4. The van der Waals surface area contributed by atoms with E-state index in [4.69, 9.17) is 10.5 Å². The highest BCUT2D eigenvalue weighted by atomic mass is 35.5. The van der Waals surface area contributed by atoms with Gasteiger partial charge in [-0.15, -0.1) is 12.4 Å². The summed E-state index contributed by atoms with van der Waals surface area (Å²) in [5.74, 6) is 0.314. The SMILES string of the molecule is COc1ccc(N)c(C(=O)CCNC(C)=O)c1.Cl. The van der Waals surface area contributed by atoms with Crippen molar-refractivity contribution in [3.63, 3.8) is 0 Å². The molecule has 0 aliphatic carbocycles. The summed E-state index contributed by atoms with van der Waals surface area (Å²) in [6.07, 6.45) is 0.219. The molecule has 0 saturated carbocycles. The smallest absolute Gasteiger partial charge is 0.216 e.